The number of nitrogens with zero attached hydrogens (tertiary/aromatic N) is 2. The highest BCUT2D eigenvalue weighted by molar-refractivity contribution is 7.92. The summed E-state index contributed by atoms with van der Waals surface area (Å²) in [6.45, 7) is 0. The molecule has 2 aromatic heterocycles. The maximum atomic E-state index is 11.7. The number of benzene rings is 1. The van der Waals surface area contributed by atoms with Crippen molar-refractivity contribution in [2.24, 2.45) is 0 Å². The van der Waals surface area contributed by atoms with Crippen molar-refractivity contribution in [3.8, 4) is 5.75 Å². The molecule has 156 valence electrons. The molecule has 4 rings (SSSR count). The molecule has 0 unspecified atom stereocenters. The van der Waals surface area contributed by atoms with Crippen LogP contribution in [0.4, 0.5) is 11.4 Å². The Labute approximate surface area is 180 Å². The number of hydrogen-bond donors (Lipinski definition) is 3. The Kier molecular flexibility index (Phi) is 5.35. The van der Waals surface area contributed by atoms with Crippen molar-refractivity contribution >= 4 is 38.7 Å². The van der Waals surface area contributed by atoms with E-state index >= 15 is 0 Å². The van der Waals surface area contributed by atoms with Crippen LogP contribution in [0.3, 0.4) is 0 Å². The average Bonchev–Trinajstić information content (AvgIpc) is 3.35. The van der Waals surface area contributed by atoms with E-state index in [4.69, 9.17) is 17.0 Å². The van der Waals surface area contributed by atoms with Crippen molar-refractivity contribution in [1.29, 1.82) is 0 Å². The molecule has 0 aliphatic carbocycles. The molecule has 1 saturated heterocycles. The molecule has 8 nitrogen and oxygen atoms in total. The topological polar surface area (TPSA) is 99.3 Å². The zero-order valence-electron chi connectivity index (χ0n) is 16.4. The van der Waals surface area contributed by atoms with Gasteiger partial charge in [0.1, 0.15) is 11.8 Å². The summed E-state index contributed by atoms with van der Waals surface area (Å²) >= 11 is 5.67. The van der Waals surface area contributed by atoms with E-state index in [1.54, 1.807) is 24.4 Å². The quantitative estimate of drug-likeness (QED) is 0.504. The second-order valence-corrected chi connectivity index (χ2v) is 9.02. The summed E-state index contributed by atoms with van der Waals surface area (Å²) in [6.07, 6.45) is 4.71. The number of nitrogens with one attached hydrogen (secondary N) is 3. The first kappa shape index (κ1) is 20.2. The van der Waals surface area contributed by atoms with E-state index in [1.807, 2.05) is 41.4 Å². The van der Waals surface area contributed by atoms with Gasteiger partial charge in [0, 0.05) is 29.8 Å². The second-order valence-electron chi connectivity index (χ2n) is 6.88. The molecule has 1 aromatic carbocycles. The molecule has 3 N–H and O–H groups in total. The Hall–Kier alpha value is -3.11. The van der Waals surface area contributed by atoms with E-state index in [1.165, 1.54) is 7.11 Å². The average molecular weight is 444 g/mol. The van der Waals surface area contributed by atoms with Crippen LogP contribution in [0, 0.1) is 0 Å². The van der Waals surface area contributed by atoms with Crippen molar-refractivity contribution in [3.63, 3.8) is 0 Å². The monoisotopic (exact) mass is 443 g/mol. The van der Waals surface area contributed by atoms with Gasteiger partial charge in [0.05, 0.1) is 30.8 Å². The fourth-order valence-electron chi connectivity index (χ4n) is 3.59. The van der Waals surface area contributed by atoms with Crippen LogP contribution in [0.15, 0.2) is 60.9 Å². The van der Waals surface area contributed by atoms with Crippen LogP contribution >= 0.6 is 12.2 Å². The van der Waals surface area contributed by atoms with E-state index in [-0.39, 0.29) is 12.1 Å². The van der Waals surface area contributed by atoms with Crippen LogP contribution in [0.1, 0.15) is 23.5 Å². The van der Waals surface area contributed by atoms with Gasteiger partial charge >= 0.3 is 0 Å². The fraction of sp³-hybridized carbons (Fsp3) is 0.200. The van der Waals surface area contributed by atoms with Crippen LogP contribution in [-0.4, -0.2) is 36.9 Å². The maximum absolute atomic E-state index is 11.7. The van der Waals surface area contributed by atoms with Gasteiger partial charge in [-0.3, -0.25) is 9.71 Å². The number of aromatic nitrogens is 2. The molecular formula is C20H21N5O3S2. The van der Waals surface area contributed by atoms with Crippen LogP contribution in [0.2, 0.25) is 0 Å². The van der Waals surface area contributed by atoms with Crippen LogP contribution in [0.25, 0.3) is 0 Å². The Bertz CT molecular complexity index is 1150. The van der Waals surface area contributed by atoms with Gasteiger partial charge in [-0.2, -0.15) is 0 Å². The van der Waals surface area contributed by atoms with E-state index in [0.29, 0.717) is 16.5 Å². The Morgan fingerprint density at radius 3 is 2.67 bits per heavy atom. The molecule has 0 radical (unpaired) electrons. The number of H-pyrrole nitrogens is 1. The molecule has 0 spiro atoms. The Morgan fingerprint density at radius 1 is 1.20 bits per heavy atom. The summed E-state index contributed by atoms with van der Waals surface area (Å²) in [5.74, 6) is 0.396. The zero-order valence-corrected chi connectivity index (χ0v) is 18.0. The van der Waals surface area contributed by atoms with E-state index in [0.717, 1.165) is 23.3 Å². The molecule has 0 bridgehead atoms. The van der Waals surface area contributed by atoms with Gasteiger partial charge in [-0.15, -0.1) is 0 Å². The number of thiocarbonyl (C=S) groups is 1. The third kappa shape index (κ3) is 3.96. The van der Waals surface area contributed by atoms with Crippen LogP contribution in [-0.2, 0) is 10.0 Å². The summed E-state index contributed by atoms with van der Waals surface area (Å²) in [4.78, 5) is 9.77. The van der Waals surface area contributed by atoms with Crippen molar-refractivity contribution in [1.82, 2.24) is 15.3 Å². The van der Waals surface area contributed by atoms with Crippen molar-refractivity contribution in [2.45, 2.75) is 12.1 Å². The lowest BCUT2D eigenvalue weighted by molar-refractivity contribution is 0.417. The van der Waals surface area contributed by atoms with Gasteiger partial charge < -0.3 is 19.9 Å². The summed E-state index contributed by atoms with van der Waals surface area (Å²) < 4.78 is 31.2. The minimum absolute atomic E-state index is 0.169. The van der Waals surface area contributed by atoms with Gasteiger partial charge in [0.15, 0.2) is 5.11 Å². The highest BCUT2D eigenvalue weighted by Crippen LogP contribution is 2.42. The number of hydrogen-bond acceptors (Lipinski definition) is 5. The smallest absolute Gasteiger partial charge is 0.229 e. The van der Waals surface area contributed by atoms with E-state index < -0.39 is 10.0 Å². The third-order valence-electron chi connectivity index (χ3n) is 4.80. The highest BCUT2D eigenvalue weighted by atomic mass is 32.2. The third-order valence-corrected chi connectivity index (χ3v) is 5.70. The van der Waals surface area contributed by atoms with Gasteiger partial charge in [-0.05, 0) is 48.6 Å². The summed E-state index contributed by atoms with van der Waals surface area (Å²) in [5, 5.41) is 3.91. The number of pyridine rings is 1. The predicted octanol–water partition coefficient (Wildman–Crippen LogP) is 2.97. The maximum Gasteiger partial charge on any atom is 0.229 e. The molecule has 3 aromatic rings. The van der Waals surface area contributed by atoms with Gasteiger partial charge in [-0.1, -0.05) is 6.07 Å². The zero-order chi connectivity index (χ0) is 21.3. The first-order chi connectivity index (χ1) is 14.4. The lowest BCUT2D eigenvalue weighted by atomic mass is 10.0. The number of aromatic amines is 1. The Morgan fingerprint density at radius 2 is 2.03 bits per heavy atom. The van der Waals surface area contributed by atoms with Crippen molar-refractivity contribution in [3.05, 3.63) is 72.3 Å². The number of rotatable bonds is 6. The minimum atomic E-state index is -3.44. The largest absolute Gasteiger partial charge is 0.494 e. The molecule has 1 fully saturated rings. The lowest BCUT2D eigenvalue weighted by Gasteiger charge is -2.27. The summed E-state index contributed by atoms with van der Waals surface area (Å²) in [7, 11) is -1.95. The molecule has 0 amide bonds. The van der Waals surface area contributed by atoms with Crippen LogP contribution in [0.5, 0.6) is 5.75 Å². The highest BCUT2D eigenvalue weighted by Gasteiger charge is 2.41. The van der Waals surface area contributed by atoms with Crippen molar-refractivity contribution < 1.29 is 13.2 Å². The minimum Gasteiger partial charge on any atom is -0.494 e. The van der Waals surface area contributed by atoms with Gasteiger partial charge in [0.25, 0.3) is 0 Å². The van der Waals surface area contributed by atoms with E-state index in [9.17, 15) is 8.42 Å². The number of methoxy groups -OCH3 is 1. The molecule has 1 aliphatic rings. The number of ether oxygens (including phenoxy) is 1. The summed E-state index contributed by atoms with van der Waals surface area (Å²) in [6, 6.07) is 14.6. The van der Waals surface area contributed by atoms with Crippen LogP contribution < -0.4 is 19.7 Å². The van der Waals surface area contributed by atoms with Gasteiger partial charge in [-0.25, -0.2) is 8.42 Å². The molecule has 2 atom stereocenters. The predicted molar refractivity (Wildman–Crippen MR) is 120 cm³/mol. The fourth-order valence-corrected chi connectivity index (χ4v) is 4.51. The Balaban J connectivity index is 1.78. The van der Waals surface area contributed by atoms with Crippen molar-refractivity contribution in [2.75, 3.05) is 23.0 Å². The van der Waals surface area contributed by atoms with Gasteiger partial charge in [0.2, 0.25) is 10.0 Å². The lowest BCUT2D eigenvalue weighted by Crippen LogP contribution is -2.29. The molecule has 3 heterocycles. The first-order valence-electron chi connectivity index (χ1n) is 9.17. The summed E-state index contributed by atoms with van der Waals surface area (Å²) in [5.41, 5.74) is 2.96. The molecular weight excluding hydrogens is 422 g/mol. The molecule has 10 heteroatoms. The number of anilines is 2. The molecule has 1 aliphatic heterocycles. The molecule has 30 heavy (non-hydrogen) atoms. The SMILES string of the molecule is COc1cc(N2C(=S)N[C@@H](c3ccccn3)[C@@H]2c2ccc[nH]2)ccc1NS(C)(=O)=O. The molecule has 0 saturated carbocycles. The van der Waals surface area contributed by atoms with E-state index in [2.05, 4.69) is 20.0 Å². The second kappa shape index (κ2) is 7.96. The number of sulfonamides is 1. The standard InChI is InChI=1S/C20H21N5O3S2/c1-28-17-12-13(8-9-14(17)24-30(2,26)27)25-19(16-7-5-11-22-16)18(23-20(25)29)15-6-3-4-10-21-15/h3-12,18-19,22,24H,1-2H3,(H,23,29)/t18-,19-/m0/s1. The normalized spacial score (nSPS) is 18.9. The first-order valence-corrected chi connectivity index (χ1v) is 11.5.